The zero-order valence-electron chi connectivity index (χ0n) is 17.5. The molecule has 0 radical (unpaired) electrons. The van der Waals surface area contributed by atoms with Crippen molar-refractivity contribution in [3.05, 3.63) is 29.6 Å². The number of nitrogens with one attached hydrogen (secondary N) is 1. The molecule has 13 heteroatoms. The van der Waals surface area contributed by atoms with Gasteiger partial charge in [-0.05, 0) is 19.8 Å². The second-order valence-electron chi connectivity index (χ2n) is 6.84. The van der Waals surface area contributed by atoms with E-state index in [9.17, 15) is 19.5 Å². The average molecular weight is 481 g/mol. The van der Waals surface area contributed by atoms with Crippen LogP contribution in [-0.4, -0.2) is 72.7 Å². The van der Waals surface area contributed by atoms with E-state index in [1.165, 1.54) is 23.1 Å². The van der Waals surface area contributed by atoms with Crippen LogP contribution in [-0.2, 0) is 27.3 Å². The second-order valence-corrected chi connectivity index (χ2v) is 8.64. The number of allylic oxidation sites excluding steroid dienone is 1. The Balaban J connectivity index is 1.64. The summed E-state index contributed by atoms with van der Waals surface area (Å²) in [6.45, 7) is 6.65. The SMILES string of the molecule is C=CCn1c(Cc2csc(NC(=O)C3CCCN3C(=O)O)n2)nnc1SCC(=O)OCC. The Labute approximate surface area is 192 Å². The van der Waals surface area contributed by atoms with Crippen molar-refractivity contribution in [2.75, 3.05) is 24.2 Å². The summed E-state index contributed by atoms with van der Waals surface area (Å²) in [6, 6.07) is -0.700. The Kier molecular flexibility index (Phi) is 8.22. The minimum absolute atomic E-state index is 0.129. The van der Waals surface area contributed by atoms with Crippen LogP contribution in [0.25, 0.3) is 0 Å². The minimum Gasteiger partial charge on any atom is -0.465 e. The molecule has 3 rings (SSSR count). The van der Waals surface area contributed by atoms with Crippen molar-refractivity contribution < 1.29 is 24.2 Å². The number of amides is 2. The highest BCUT2D eigenvalue weighted by atomic mass is 32.2. The molecule has 1 atom stereocenters. The summed E-state index contributed by atoms with van der Waals surface area (Å²) < 4.78 is 6.79. The summed E-state index contributed by atoms with van der Waals surface area (Å²) in [5.41, 5.74) is 0.687. The van der Waals surface area contributed by atoms with Crippen molar-refractivity contribution in [1.82, 2.24) is 24.6 Å². The molecule has 1 fully saturated rings. The van der Waals surface area contributed by atoms with Crippen LogP contribution in [0, 0.1) is 0 Å². The average Bonchev–Trinajstić information content (AvgIpc) is 3.48. The van der Waals surface area contributed by atoms with Gasteiger partial charge in [0.05, 0.1) is 24.5 Å². The fourth-order valence-electron chi connectivity index (χ4n) is 3.26. The number of hydrogen-bond acceptors (Lipinski definition) is 9. The molecule has 172 valence electrons. The molecule has 2 aromatic rings. The van der Waals surface area contributed by atoms with Gasteiger partial charge < -0.3 is 19.7 Å². The van der Waals surface area contributed by atoms with Crippen molar-refractivity contribution in [2.45, 2.75) is 43.9 Å². The Morgan fingerprint density at radius 1 is 1.44 bits per heavy atom. The molecule has 0 aliphatic carbocycles. The number of thioether (sulfide) groups is 1. The van der Waals surface area contributed by atoms with Crippen molar-refractivity contribution in [2.24, 2.45) is 0 Å². The number of hydrogen-bond donors (Lipinski definition) is 2. The summed E-state index contributed by atoms with van der Waals surface area (Å²) in [4.78, 5) is 41.0. The second kappa shape index (κ2) is 11.1. The van der Waals surface area contributed by atoms with Crippen LogP contribution >= 0.6 is 23.1 Å². The van der Waals surface area contributed by atoms with Gasteiger partial charge in [-0.2, -0.15) is 0 Å². The Morgan fingerprint density at radius 2 is 2.25 bits per heavy atom. The maximum absolute atomic E-state index is 12.5. The first-order chi connectivity index (χ1) is 15.4. The number of likely N-dealkylation sites (tertiary alicyclic amines) is 1. The summed E-state index contributed by atoms with van der Waals surface area (Å²) in [5.74, 6) is 0.0752. The van der Waals surface area contributed by atoms with Crippen LogP contribution in [0.3, 0.4) is 0 Å². The van der Waals surface area contributed by atoms with E-state index in [4.69, 9.17) is 4.74 Å². The first-order valence-electron chi connectivity index (χ1n) is 9.99. The highest BCUT2D eigenvalue weighted by Crippen LogP contribution is 2.23. The van der Waals surface area contributed by atoms with E-state index >= 15 is 0 Å². The van der Waals surface area contributed by atoms with E-state index < -0.39 is 12.1 Å². The summed E-state index contributed by atoms with van der Waals surface area (Å²) >= 11 is 2.49. The summed E-state index contributed by atoms with van der Waals surface area (Å²) in [7, 11) is 0. The molecule has 1 saturated heterocycles. The lowest BCUT2D eigenvalue weighted by atomic mass is 10.2. The monoisotopic (exact) mass is 480 g/mol. The molecular formula is C19H24N6O5S2. The zero-order valence-corrected chi connectivity index (χ0v) is 19.2. The van der Waals surface area contributed by atoms with Crippen LogP contribution in [0.4, 0.5) is 9.93 Å². The fraction of sp³-hybridized carbons (Fsp3) is 0.474. The maximum Gasteiger partial charge on any atom is 0.407 e. The van der Waals surface area contributed by atoms with Crippen LogP contribution in [0.15, 0.2) is 23.2 Å². The highest BCUT2D eigenvalue weighted by Gasteiger charge is 2.34. The van der Waals surface area contributed by atoms with Crippen molar-refractivity contribution in [1.29, 1.82) is 0 Å². The van der Waals surface area contributed by atoms with Crippen LogP contribution in [0.2, 0.25) is 0 Å². The number of ether oxygens (including phenoxy) is 1. The molecule has 2 aromatic heterocycles. The number of rotatable bonds is 10. The smallest absolute Gasteiger partial charge is 0.407 e. The molecule has 32 heavy (non-hydrogen) atoms. The van der Waals surface area contributed by atoms with E-state index in [1.807, 2.05) is 4.57 Å². The van der Waals surface area contributed by atoms with Gasteiger partial charge >= 0.3 is 12.1 Å². The Hall–Kier alpha value is -2.93. The number of esters is 1. The Morgan fingerprint density at radius 3 is 2.97 bits per heavy atom. The highest BCUT2D eigenvalue weighted by molar-refractivity contribution is 7.99. The van der Waals surface area contributed by atoms with Gasteiger partial charge in [0.2, 0.25) is 5.91 Å². The number of carbonyl (C=O) groups is 3. The third-order valence-electron chi connectivity index (χ3n) is 4.65. The molecule has 3 heterocycles. The first kappa shape index (κ1) is 23.7. The number of carbonyl (C=O) groups excluding carboxylic acids is 2. The third-order valence-corrected chi connectivity index (χ3v) is 6.40. The molecule has 1 unspecified atom stereocenters. The number of aromatic nitrogens is 4. The molecule has 2 N–H and O–H groups in total. The fourth-order valence-corrected chi connectivity index (χ4v) is 4.74. The predicted octanol–water partition coefficient (Wildman–Crippen LogP) is 2.25. The summed E-state index contributed by atoms with van der Waals surface area (Å²) in [5, 5.41) is 23.1. The lowest BCUT2D eigenvalue weighted by Gasteiger charge is -2.19. The van der Waals surface area contributed by atoms with Crippen molar-refractivity contribution >= 4 is 46.2 Å². The van der Waals surface area contributed by atoms with E-state index in [2.05, 4.69) is 27.1 Å². The summed E-state index contributed by atoms with van der Waals surface area (Å²) in [6.07, 6.45) is 2.14. The maximum atomic E-state index is 12.5. The minimum atomic E-state index is -1.10. The van der Waals surface area contributed by atoms with Crippen molar-refractivity contribution in [3.8, 4) is 0 Å². The van der Waals surface area contributed by atoms with E-state index in [-0.39, 0.29) is 17.6 Å². The van der Waals surface area contributed by atoms with Crippen LogP contribution in [0.5, 0.6) is 0 Å². The third kappa shape index (κ3) is 5.85. The van der Waals surface area contributed by atoms with Gasteiger partial charge in [0.15, 0.2) is 10.3 Å². The predicted molar refractivity (Wildman–Crippen MR) is 119 cm³/mol. The van der Waals surface area contributed by atoms with Crippen molar-refractivity contribution in [3.63, 3.8) is 0 Å². The number of nitrogens with zero attached hydrogens (tertiary/aromatic N) is 5. The molecular weight excluding hydrogens is 456 g/mol. The molecule has 0 spiro atoms. The van der Waals surface area contributed by atoms with E-state index in [1.54, 1.807) is 18.4 Å². The van der Waals surface area contributed by atoms with Gasteiger partial charge in [-0.1, -0.05) is 17.8 Å². The van der Waals surface area contributed by atoms with Crippen LogP contribution in [0.1, 0.15) is 31.3 Å². The quantitative estimate of drug-likeness (QED) is 0.298. The molecule has 11 nitrogen and oxygen atoms in total. The number of carboxylic acid groups (broad SMARTS) is 1. The largest absolute Gasteiger partial charge is 0.465 e. The lowest BCUT2D eigenvalue weighted by molar-refractivity contribution is -0.139. The van der Waals surface area contributed by atoms with E-state index in [0.717, 1.165) is 4.90 Å². The molecule has 0 saturated carbocycles. The number of thiazole rings is 1. The van der Waals surface area contributed by atoms with Gasteiger partial charge in [-0.25, -0.2) is 9.78 Å². The standard InChI is InChI=1S/C19H24N6O5S2/c1-3-7-25-14(22-23-18(25)32-11-15(26)30-4-2)9-12-10-31-17(20-12)21-16(27)13-6-5-8-24(13)19(28)29/h3,10,13H,1,4-9,11H2,2H3,(H,28,29)(H,20,21,27). The van der Waals surface area contributed by atoms with Gasteiger partial charge in [-0.15, -0.1) is 28.1 Å². The van der Waals surface area contributed by atoms with E-state index in [0.29, 0.717) is 60.8 Å². The molecule has 1 aliphatic heterocycles. The topological polar surface area (TPSA) is 140 Å². The van der Waals surface area contributed by atoms with Crippen LogP contribution < -0.4 is 5.32 Å². The Bertz CT molecular complexity index is 991. The zero-order chi connectivity index (χ0) is 23.1. The molecule has 0 aromatic carbocycles. The van der Waals surface area contributed by atoms with Gasteiger partial charge in [0.1, 0.15) is 11.9 Å². The van der Waals surface area contributed by atoms with Gasteiger partial charge in [0, 0.05) is 18.5 Å². The normalized spacial score (nSPS) is 15.5. The molecule has 2 amide bonds. The number of anilines is 1. The van der Waals surface area contributed by atoms with Gasteiger partial charge in [-0.3, -0.25) is 14.5 Å². The lowest BCUT2D eigenvalue weighted by Crippen LogP contribution is -2.42. The molecule has 0 bridgehead atoms. The first-order valence-corrected chi connectivity index (χ1v) is 11.9. The van der Waals surface area contributed by atoms with Gasteiger partial charge in [0.25, 0.3) is 0 Å². The molecule has 1 aliphatic rings.